The van der Waals surface area contributed by atoms with Gasteiger partial charge in [-0.3, -0.25) is 0 Å². The number of amides is 1. The van der Waals surface area contributed by atoms with Crippen molar-refractivity contribution in [3.8, 4) is 0 Å². The highest BCUT2D eigenvalue weighted by molar-refractivity contribution is 5.86. The fourth-order valence-electron chi connectivity index (χ4n) is 4.20. The third-order valence-electron chi connectivity index (χ3n) is 6.11. The molecule has 0 saturated heterocycles. The zero-order valence-electron chi connectivity index (χ0n) is 19.1. The Bertz CT molecular complexity index is 433. The molecule has 0 aromatic carbocycles. The Hall–Kier alpha value is -1.26. The molecule has 29 heavy (non-hydrogen) atoms. The number of alkyl carbamates (subject to hydrolysis) is 1. The molecule has 1 rings (SSSR count). The van der Waals surface area contributed by atoms with Gasteiger partial charge in [-0.05, 0) is 19.3 Å². The van der Waals surface area contributed by atoms with Crippen molar-refractivity contribution in [3.63, 3.8) is 0 Å². The van der Waals surface area contributed by atoms with E-state index in [2.05, 4.69) is 17.0 Å². The quantitative estimate of drug-likeness (QED) is 0.214. The van der Waals surface area contributed by atoms with E-state index in [1.165, 1.54) is 84.2 Å². The maximum absolute atomic E-state index is 12.5. The van der Waals surface area contributed by atoms with Crippen molar-refractivity contribution in [2.45, 2.75) is 128 Å². The molecule has 1 aliphatic rings. The highest BCUT2D eigenvalue weighted by Crippen LogP contribution is 2.31. The number of ether oxygens (including phenoxy) is 2. The fraction of sp³-hybridized carbons (Fsp3) is 0.917. The van der Waals surface area contributed by atoms with E-state index >= 15 is 0 Å². The van der Waals surface area contributed by atoms with Gasteiger partial charge >= 0.3 is 12.1 Å². The van der Waals surface area contributed by atoms with Gasteiger partial charge in [-0.1, -0.05) is 103 Å². The summed E-state index contributed by atoms with van der Waals surface area (Å²) in [7, 11) is 1.32. The van der Waals surface area contributed by atoms with Crippen molar-refractivity contribution in [1.29, 1.82) is 0 Å². The molecule has 5 heteroatoms. The number of carbonyl (C=O) groups is 2. The van der Waals surface area contributed by atoms with Gasteiger partial charge in [0.25, 0.3) is 0 Å². The molecule has 1 amide bonds. The van der Waals surface area contributed by atoms with Gasteiger partial charge in [0.05, 0.1) is 13.7 Å². The van der Waals surface area contributed by atoms with Gasteiger partial charge in [0.1, 0.15) is 5.54 Å². The molecular formula is C24H45NO4. The minimum Gasteiger partial charge on any atom is -0.464 e. The largest absolute Gasteiger partial charge is 0.464 e. The molecule has 0 heterocycles. The molecule has 1 aliphatic carbocycles. The first kappa shape index (κ1) is 25.8. The monoisotopic (exact) mass is 411 g/mol. The lowest BCUT2D eigenvalue weighted by atomic mass is 9.98. The summed E-state index contributed by atoms with van der Waals surface area (Å²) in [5.41, 5.74) is -0.872. The maximum atomic E-state index is 12.5. The number of unbranched alkanes of at least 4 members (excludes halogenated alkanes) is 13. The Kier molecular flexibility index (Phi) is 14.7. The fourth-order valence-corrected chi connectivity index (χ4v) is 4.20. The van der Waals surface area contributed by atoms with Crippen LogP contribution in [0.2, 0.25) is 0 Å². The van der Waals surface area contributed by atoms with E-state index in [1.807, 2.05) is 0 Å². The van der Waals surface area contributed by atoms with E-state index in [4.69, 9.17) is 4.74 Å². The summed E-state index contributed by atoms with van der Waals surface area (Å²) in [6.07, 6.45) is 20.9. The Labute approximate surface area is 178 Å². The summed E-state index contributed by atoms with van der Waals surface area (Å²) >= 11 is 0. The van der Waals surface area contributed by atoms with Gasteiger partial charge in [-0.25, -0.2) is 9.59 Å². The highest BCUT2D eigenvalue weighted by Gasteiger charge is 2.44. The van der Waals surface area contributed by atoms with Crippen LogP contribution in [0.5, 0.6) is 0 Å². The second kappa shape index (κ2) is 16.5. The standard InChI is InChI=1S/C24H45NO4/c1-3-4-5-6-7-8-9-10-11-12-13-14-15-18-21-29-22(26)24(19-16-17-20-24)25-23(27)28-2/h3-21H2,1-2H3,(H,25,27). The summed E-state index contributed by atoms with van der Waals surface area (Å²) in [5, 5.41) is 2.71. The second-order valence-electron chi connectivity index (χ2n) is 8.64. The van der Waals surface area contributed by atoms with Crippen molar-refractivity contribution in [3.05, 3.63) is 0 Å². The predicted octanol–water partition coefficient (Wildman–Crippen LogP) is 6.68. The molecule has 0 atom stereocenters. The maximum Gasteiger partial charge on any atom is 0.407 e. The molecule has 0 bridgehead atoms. The van der Waals surface area contributed by atoms with Crippen LogP contribution in [0.4, 0.5) is 4.79 Å². The van der Waals surface area contributed by atoms with Gasteiger partial charge in [0, 0.05) is 0 Å². The smallest absolute Gasteiger partial charge is 0.407 e. The van der Waals surface area contributed by atoms with Crippen LogP contribution in [-0.2, 0) is 14.3 Å². The number of carbonyl (C=O) groups excluding carboxylic acids is 2. The molecule has 1 saturated carbocycles. The van der Waals surface area contributed by atoms with E-state index in [1.54, 1.807) is 0 Å². The molecule has 0 aromatic heterocycles. The van der Waals surface area contributed by atoms with Gasteiger partial charge in [-0.2, -0.15) is 0 Å². The highest BCUT2D eigenvalue weighted by atomic mass is 16.5. The Morgan fingerprint density at radius 1 is 0.759 bits per heavy atom. The first-order valence-corrected chi connectivity index (χ1v) is 12.2. The van der Waals surface area contributed by atoms with Gasteiger partial charge in [-0.15, -0.1) is 0 Å². The molecule has 5 nitrogen and oxygen atoms in total. The summed E-state index contributed by atoms with van der Waals surface area (Å²) in [5.74, 6) is -0.296. The van der Waals surface area contributed by atoms with E-state index in [-0.39, 0.29) is 5.97 Å². The normalized spacial score (nSPS) is 15.2. The van der Waals surface area contributed by atoms with Crippen LogP contribution in [-0.4, -0.2) is 31.3 Å². The Morgan fingerprint density at radius 3 is 1.66 bits per heavy atom. The lowest BCUT2D eigenvalue weighted by molar-refractivity contribution is -0.151. The minimum atomic E-state index is -0.872. The third kappa shape index (κ3) is 11.5. The van der Waals surface area contributed by atoms with Crippen molar-refractivity contribution in [1.82, 2.24) is 5.32 Å². The van der Waals surface area contributed by atoms with Crippen LogP contribution in [0.1, 0.15) is 122 Å². The van der Waals surface area contributed by atoms with Crippen molar-refractivity contribution in [2.75, 3.05) is 13.7 Å². The molecule has 0 spiro atoms. The van der Waals surface area contributed by atoms with Crippen LogP contribution < -0.4 is 5.32 Å². The van der Waals surface area contributed by atoms with Crippen molar-refractivity contribution in [2.24, 2.45) is 0 Å². The summed E-state index contributed by atoms with van der Waals surface area (Å²) in [4.78, 5) is 24.0. The third-order valence-corrected chi connectivity index (χ3v) is 6.11. The molecule has 0 aromatic rings. The van der Waals surface area contributed by atoms with E-state index in [9.17, 15) is 9.59 Å². The predicted molar refractivity (Wildman–Crippen MR) is 118 cm³/mol. The zero-order chi connectivity index (χ0) is 21.2. The van der Waals surface area contributed by atoms with Crippen LogP contribution >= 0.6 is 0 Å². The first-order valence-electron chi connectivity index (χ1n) is 12.2. The summed E-state index contributed by atoms with van der Waals surface area (Å²) in [6.45, 7) is 2.71. The van der Waals surface area contributed by atoms with Gasteiger partial charge < -0.3 is 14.8 Å². The lowest BCUT2D eigenvalue weighted by Crippen LogP contribution is -2.53. The minimum absolute atomic E-state index is 0.296. The first-order chi connectivity index (χ1) is 14.1. The second-order valence-corrected chi connectivity index (χ2v) is 8.64. The number of rotatable bonds is 17. The van der Waals surface area contributed by atoms with Gasteiger partial charge in [0.2, 0.25) is 0 Å². The number of nitrogens with one attached hydrogen (secondary N) is 1. The average Bonchev–Trinajstić information content (AvgIpc) is 3.20. The number of hydrogen-bond acceptors (Lipinski definition) is 4. The van der Waals surface area contributed by atoms with E-state index in [0.717, 1.165) is 25.7 Å². The SMILES string of the molecule is CCCCCCCCCCCCCCCCOC(=O)C1(NC(=O)OC)CCCC1. The van der Waals surface area contributed by atoms with Crippen LogP contribution in [0.15, 0.2) is 0 Å². The number of esters is 1. The zero-order valence-corrected chi connectivity index (χ0v) is 19.1. The van der Waals surface area contributed by atoms with Gasteiger partial charge in [0.15, 0.2) is 0 Å². The molecule has 0 radical (unpaired) electrons. The summed E-state index contributed by atoms with van der Waals surface area (Å²) < 4.78 is 10.1. The van der Waals surface area contributed by atoms with Crippen LogP contribution in [0, 0.1) is 0 Å². The molecule has 0 aliphatic heterocycles. The molecule has 1 fully saturated rings. The van der Waals surface area contributed by atoms with E-state index < -0.39 is 11.6 Å². The lowest BCUT2D eigenvalue weighted by Gasteiger charge is -2.27. The van der Waals surface area contributed by atoms with Crippen LogP contribution in [0.25, 0.3) is 0 Å². The Balaban J connectivity index is 1.95. The summed E-state index contributed by atoms with van der Waals surface area (Å²) in [6, 6.07) is 0. The molecular weight excluding hydrogens is 366 g/mol. The van der Waals surface area contributed by atoms with Crippen LogP contribution in [0.3, 0.4) is 0 Å². The Morgan fingerprint density at radius 2 is 1.21 bits per heavy atom. The van der Waals surface area contributed by atoms with Crippen molar-refractivity contribution >= 4 is 12.1 Å². The van der Waals surface area contributed by atoms with Crippen molar-refractivity contribution < 1.29 is 19.1 Å². The molecule has 1 N–H and O–H groups in total. The van der Waals surface area contributed by atoms with E-state index in [0.29, 0.717) is 19.4 Å². The molecule has 170 valence electrons. The average molecular weight is 412 g/mol. The topological polar surface area (TPSA) is 64.6 Å². The molecule has 0 unspecified atom stereocenters. The number of hydrogen-bond donors (Lipinski definition) is 1. The number of methoxy groups -OCH3 is 1.